The smallest absolute Gasteiger partial charge is 0.243 e. The third kappa shape index (κ3) is 2.17. The van der Waals surface area contributed by atoms with Crippen LogP contribution in [0.5, 0.6) is 0 Å². The SMILES string of the molecule is CN(C1CC1)S(=O)(=O)c1ccc2nc(N)ccc2c1. The van der Waals surface area contributed by atoms with E-state index in [2.05, 4.69) is 4.98 Å². The third-order valence-electron chi connectivity index (χ3n) is 3.42. The number of fused-ring (bicyclic) bond motifs is 1. The van der Waals surface area contributed by atoms with Crippen LogP contribution in [-0.2, 0) is 10.0 Å². The largest absolute Gasteiger partial charge is 0.384 e. The second-order valence-corrected chi connectivity index (χ2v) is 6.84. The highest BCUT2D eigenvalue weighted by molar-refractivity contribution is 7.89. The Bertz CT molecular complexity index is 739. The van der Waals surface area contributed by atoms with E-state index in [0.717, 1.165) is 18.2 Å². The standard InChI is InChI=1S/C13H15N3O2S/c1-16(10-3-4-10)19(17,18)11-5-6-12-9(8-11)2-7-13(14)15-12/h2,5-8,10H,3-4H2,1H3,(H2,14,15). The Morgan fingerprint density at radius 1 is 1.26 bits per heavy atom. The normalized spacial score (nSPS) is 16.1. The zero-order chi connectivity index (χ0) is 13.6. The van der Waals surface area contributed by atoms with E-state index in [4.69, 9.17) is 5.73 Å². The predicted octanol–water partition coefficient (Wildman–Crippen LogP) is 1.60. The number of aromatic nitrogens is 1. The van der Waals surface area contributed by atoms with Crippen LogP contribution in [0.1, 0.15) is 12.8 Å². The number of nitrogen functional groups attached to an aromatic ring is 1. The fourth-order valence-electron chi connectivity index (χ4n) is 2.08. The molecule has 0 bridgehead atoms. The van der Waals surface area contributed by atoms with Gasteiger partial charge < -0.3 is 5.73 Å². The summed E-state index contributed by atoms with van der Waals surface area (Å²) in [6, 6.07) is 8.54. The number of hydrogen-bond acceptors (Lipinski definition) is 4. The predicted molar refractivity (Wildman–Crippen MR) is 74.1 cm³/mol. The van der Waals surface area contributed by atoms with Gasteiger partial charge in [-0.1, -0.05) is 0 Å². The van der Waals surface area contributed by atoms with Crippen molar-refractivity contribution in [2.75, 3.05) is 12.8 Å². The Balaban J connectivity index is 2.07. The molecular weight excluding hydrogens is 262 g/mol. The Hall–Kier alpha value is -1.66. The van der Waals surface area contributed by atoms with Gasteiger partial charge in [-0.3, -0.25) is 0 Å². The van der Waals surface area contributed by atoms with Gasteiger partial charge in [0.15, 0.2) is 0 Å². The molecule has 2 N–H and O–H groups in total. The first-order valence-corrected chi connectivity index (χ1v) is 7.57. The summed E-state index contributed by atoms with van der Waals surface area (Å²) >= 11 is 0. The molecule has 5 nitrogen and oxygen atoms in total. The third-order valence-corrected chi connectivity index (χ3v) is 5.33. The summed E-state index contributed by atoms with van der Waals surface area (Å²) in [5.74, 6) is 0.429. The molecule has 1 aliphatic carbocycles. The van der Waals surface area contributed by atoms with Crippen molar-refractivity contribution in [2.24, 2.45) is 0 Å². The van der Waals surface area contributed by atoms with Crippen LogP contribution in [0.3, 0.4) is 0 Å². The summed E-state index contributed by atoms with van der Waals surface area (Å²) in [6.07, 6.45) is 1.89. The second kappa shape index (κ2) is 4.18. The molecule has 1 aromatic heterocycles. The van der Waals surface area contributed by atoms with Crippen LogP contribution in [0, 0.1) is 0 Å². The molecule has 6 heteroatoms. The Morgan fingerprint density at radius 3 is 2.68 bits per heavy atom. The highest BCUT2D eigenvalue weighted by Crippen LogP contribution is 2.31. The summed E-state index contributed by atoms with van der Waals surface area (Å²) in [4.78, 5) is 4.47. The van der Waals surface area contributed by atoms with Crippen molar-refractivity contribution >= 4 is 26.7 Å². The van der Waals surface area contributed by atoms with Crippen molar-refractivity contribution in [2.45, 2.75) is 23.8 Å². The molecular formula is C13H15N3O2S. The van der Waals surface area contributed by atoms with Crippen LogP contribution in [0.2, 0.25) is 0 Å². The van der Waals surface area contributed by atoms with Gasteiger partial charge in [0.25, 0.3) is 0 Å². The van der Waals surface area contributed by atoms with Crippen molar-refractivity contribution in [3.05, 3.63) is 30.3 Å². The van der Waals surface area contributed by atoms with E-state index in [1.807, 2.05) is 0 Å². The molecule has 1 heterocycles. The van der Waals surface area contributed by atoms with E-state index >= 15 is 0 Å². The molecule has 0 radical (unpaired) electrons. The van der Waals surface area contributed by atoms with E-state index in [9.17, 15) is 8.42 Å². The average molecular weight is 277 g/mol. The molecule has 1 saturated carbocycles. The first-order valence-electron chi connectivity index (χ1n) is 6.13. The molecule has 3 rings (SSSR count). The Morgan fingerprint density at radius 2 is 2.00 bits per heavy atom. The number of nitrogens with zero attached hydrogens (tertiary/aromatic N) is 2. The highest BCUT2D eigenvalue weighted by Gasteiger charge is 2.35. The molecule has 19 heavy (non-hydrogen) atoms. The van der Waals surface area contributed by atoms with E-state index < -0.39 is 10.0 Å². The van der Waals surface area contributed by atoms with Crippen LogP contribution < -0.4 is 5.73 Å². The van der Waals surface area contributed by atoms with Crippen LogP contribution in [0.25, 0.3) is 10.9 Å². The summed E-state index contributed by atoms with van der Waals surface area (Å²) in [5.41, 5.74) is 6.31. The van der Waals surface area contributed by atoms with E-state index in [0.29, 0.717) is 16.2 Å². The molecule has 0 aliphatic heterocycles. The number of nitrogens with two attached hydrogens (primary N) is 1. The van der Waals surface area contributed by atoms with Gasteiger partial charge in [-0.15, -0.1) is 0 Å². The molecule has 0 unspecified atom stereocenters. The lowest BCUT2D eigenvalue weighted by Crippen LogP contribution is -2.28. The summed E-state index contributed by atoms with van der Waals surface area (Å²) < 4.78 is 26.3. The monoisotopic (exact) mass is 277 g/mol. The number of sulfonamides is 1. The van der Waals surface area contributed by atoms with Crippen LogP contribution in [-0.4, -0.2) is 30.8 Å². The summed E-state index contributed by atoms with van der Waals surface area (Å²) in [6.45, 7) is 0. The number of anilines is 1. The number of rotatable bonds is 3. The maximum Gasteiger partial charge on any atom is 0.243 e. The lowest BCUT2D eigenvalue weighted by molar-refractivity contribution is 0.464. The van der Waals surface area contributed by atoms with Crippen molar-refractivity contribution in [1.82, 2.24) is 9.29 Å². The lowest BCUT2D eigenvalue weighted by Gasteiger charge is -2.16. The molecule has 1 aromatic carbocycles. The molecule has 0 amide bonds. The van der Waals surface area contributed by atoms with Gasteiger partial charge in [0.05, 0.1) is 10.4 Å². The number of benzene rings is 1. The van der Waals surface area contributed by atoms with Crippen molar-refractivity contribution < 1.29 is 8.42 Å². The van der Waals surface area contributed by atoms with Gasteiger partial charge in [0.2, 0.25) is 10.0 Å². The molecule has 1 fully saturated rings. The van der Waals surface area contributed by atoms with Crippen LogP contribution in [0.4, 0.5) is 5.82 Å². The van der Waals surface area contributed by atoms with Gasteiger partial charge in [-0.2, -0.15) is 4.31 Å². The van der Waals surface area contributed by atoms with Crippen LogP contribution in [0.15, 0.2) is 35.2 Å². The second-order valence-electron chi connectivity index (χ2n) is 4.84. The van der Waals surface area contributed by atoms with Gasteiger partial charge in [0.1, 0.15) is 5.82 Å². The molecule has 1 aliphatic rings. The maximum atomic E-state index is 12.4. The zero-order valence-electron chi connectivity index (χ0n) is 10.6. The van der Waals surface area contributed by atoms with Gasteiger partial charge in [-0.05, 0) is 43.2 Å². The molecule has 2 aromatic rings. The van der Waals surface area contributed by atoms with Gasteiger partial charge in [-0.25, -0.2) is 13.4 Å². The molecule has 0 spiro atoms. The zero-order valence-corrected chi connectivity index (χ0v) is 11.4. The van der Waals surface area contributed by atoms with E-state index in [1.165, 1.54) is 4.31 Å². The number of hydrogen-bond donors (Lipinski definition) is 1. The van der Waals surface area contributed by atoms with Crippen molar-refractivity contribution in [3.63, 3.8) is 0 Å². The molecule has 0 atom stereocenters. The topological polar surface area (TPSA) is 76.3 Å². The van der Waals surface area contributed by atoms with Gasteiger partial charge in [0, 0.05) is 18.5 Å². The quantitative estimate of drug-likeness (QED) is 0.924. The van der Waals surface area contributed by atoms with E-state index in [1.54, 1.807) is 37.4 Å². The fourth-order valence-corrected chi connectivity index (χ4v) is 3.53. The Kier molecular flexibility index (Phi) is 2.72. The summed E-state index contributed by atoms with van der Waals surface area (Å²) in [5, 5.41) is 0.777. The highest BCUT2D eigenvalue weighted by atomic mass is 32.2. The van der Waals surface area contributed by atoms with Crippen LogP contribution >= 0.6 is 0 Å². The first-order chi connectivity index (χ1) is 8.98. The van der Waals surface area contributed by atoms with Crippen molar-refractivity contribution in [3.8, 4) is 0 Å². The summed E-state index contributed by atoms with van der Waals surface area (Å²) in [7, 11) is -1.77. The fraction of sp³-hybridized carbons (Fsp3) is 0.308. The first kappa shape index (κ1) is 12.4. The molecule has 0 saturated heterocycles. The maximum absolute atomic E-state index is 12.4. The van der Waals surface area contributed by atoms with Crippen molar-refractivity contribution in [1.29, 1.82) is 0 Å². The lowest BCUT2D eigenvalue weighted by atomic mass is 10.2. The molecule has 100 valence electrons. The minimum absolute atomic E-state index is 0.158. The minimum Gasteiger partial charge on any atom is -0.384 e. The van der Waals surface area contributed by atoms with Gasteiger partial charge >= 0.3 is 0 Å². The van der Waals surface area contributed by atoms with E-state index in [-0.39, 0.29) is 6.04 Å². The average Bonchev–Trinajstić information content (AvgIpc) is 3.21. The number of pyridine rings is 1. The minimum atomic E-state index is -3.40. The Labute approximate surface area is 112 Å².